The highest BCUT2D eigenvalue weighted by Gasteiger charge is 2.45. The number of hydrogen-bond acceptors (Lipinski definition) is 16. The second-order valence-corrected chi connectivity index (χ2v) is 13.9. The molecule has 0 saturated carbocycles. The molecule has 58 heavy (non-hydrogen) atoms. The van der Waals surface area contributed by atoms with Crippen molar-refractivity contribution in [3.05, 3.63) is 82.9 Å². The van der Waals surface area contributed by atoms with Gasteiger partial charge in [-0.25, -0.2) is 0 Å². The summed E-state index contributed by atoms with van der Waals surface area (Å²) in [5, 5.41) is 65.4. The number of aromatic hydroxyl groups is 4. The average molecular weight is 811 g/mol. The molecule has 2 heterocycles. The molecule has 0 aromatic heterocycles. The van der Waals surface area contributed by atoms with Gasteiger partial charge < -0.3 is 78.0 Å². The predicted octanol–water partition coefficient (Wildman–Crippen LogP) is 4.87. The van der Waals surface area contributed by atoms with Gasteiger partial charge in [-0.1, -0.05) is 12.1 Å². The minimum atomic E-state index is -1.22. The molecule has 2 aliphatic rings. The van der Waals surface area contributed by atoms with Crippen LogP contribution in [0.5, 0.6) is 57.5 Å². The third kappa shape index (κ3) is 8.57. The van der Waals surface area contributed by atoms with Gasteiger partial charge in [0.05, 0.1) is 81.3 Å². The van der Waals surface area contributed by atoms with E-state index in [0.717, 1.165) is 0 Å². The van der Waals surface area contributed by atoms with Gasteiger partial charge in [-0.2, -0.15) is 0 Å². The van der Waals surface area contributed by atoms with Crippen LogP contribution < -0.4 is 28.4 Å². The van der Waals surface area contributed by atoms with Crippen LogP contribution in [0.4, 0.5) is 0 Å². The molecule has 2 saturated heterocycles. The number of phenols is 4. The fourth-order valence-corrected chi connectivity index (χ4v) is 7.47. The maximum absolute atomic E-state index is 11.6. The van der Waals surface area contributed by atoms with Crippen molar-refractivity contribution in [1.29, 1.82) is 0 Å². The van der Waals surface area contributed by atoms with E-state index in [4.69, 9.17) is 47.4 Å². The standard InChI is InChI=1S/C42H50O16/c1-49-29-11-21(7-9-27(29)43)37(45)35-19-57-41(23-13-31(51-3)39(47)32(14-23)52-4)25(17-55-35)26-18-56-36(38(46)22-8-10-28(44)30(12-22)50-2)20-58-42(26)24-15-33(53-5)40(48)34(16-24)54-6/h7-16,25-26,35-38,41-48H,17-20H2,1-6H3/t25-,26+,35-,36+,37-,38-,41+,42-/m1/s1. The molecule has 6 N–H and O–H groups in total. The Hall–Kier alpha value is -5.36. The summed E-state index contributed by atoms with van der Waals surface area (Å²) >= 11 is 0. The lowest BCUT2D eigenvalue weighted by Crippen LogP contribution is -2.34. The summed E-state index contributed by atoms with van der Waals surface area (Å²) < 4.78 is 59.0. The summed E-state index contributed by atoms with van der Waals surface area (Å²) in [5.41, 5.74) is 1.91. The van der Waals surface area contributed by atoms with Crippen molar-refractivity contribution in [2.45, 2.75) is 36.6 Å². The molecule has 0 bridgehead atoms. The first-order valence-corrected chi connectivity index (χ1v) is 18.4. The zero-order valence-electron chi connectivity index (χ0n) is 33.0. The third-order valence-corrected chi connectivity index (χ3v) is 10.7. The average Bonchev–Trinajstić information content (AvgIpc) is 3.61. The summed E-state index contributed by atoms with van der Waals surface area (Å²) in [6.07, 6.45) is -5.94. The normalized spacial score (nSPS) is 23.4. The Balaban J connectivity index is 1.45. The summed E-state index contributed by atoms with van der Waals surface area (Å²) in [6.45, 7) is -0.284. The van der Waals surface area contributed by atoms with Crippen LogP contribution in [0.25, 0.3) is 0 Å². The molecule has 0 unspecified atom stereocenters. The van der Waals surface area contributed by atoms with E-state index in [1.54, 1.807) is 36.4 Å². The van der Waals surface area contributed by atoms with Gasteiger partial charge in [0.15, 0.2) is 46.0 Å². The Morgan fingerprint density at radius 3 is 1.09 bits per heavy atom. The highest BCUT2D eigenvalue weighted by molar-refractivity contribution is 5.55. The van der Waals surface area contributed by atoms with Crippen LogP contribution in [0.15, 0.2) is 60.7 Å². The number of aliphatic hydroxyl groups excluding tert-OH is 2. The Morgan fingerprint density at radius 1 is 0.448 bits per heavy atom. The quantitative estimate of drug-likeness (QED) is 0.106. The molecule has 0 radical (unpaired) electrons. The predicted molar refractivity (Wildman–Crippen MR) is 206 cm³/mol. The van der Waals surface area contributed by atoms with E-state index in [-0.39, 0.29) is 83.9 Å². The molecule has 16 nitrogen and oxygen atoms in total. The molecule has 0 aliphatic carbocycles. The number of phenolic OH excluding ortho intramolecular Hbond substituents is 4. The van der Waals surface area contributed by atoms with Gasteiger partial charge in [0, 0.05) is 11.8 Å². The van der Waals surface area contributed by atoms with E-state index in [0.29, 0.717) is 22.3 Å². The van der Waals surface area contributed by atoms with Gasteiger partial charge in [0.25, 0.3) is 0 Å². The van der Waals surface area contributed by atoms with Gasteiger partial charge in [-0.15, -0.1) is 0 Å². The lowest BCUT2D eigenvalue weighted by atomic mass is 9.79. The van der Waals surface area contributed by atoms with Crippen LogP contribution in [0.3, 0.4) is 0 Å². The molecule has 8 atom stereocenters. The first-order valence-electron chi connectivity index (χ1n) is 18.4. The summed E-state index contributed by atoms with van der Waals surface area (Å²) in [4.78, 5) is 0. The summed E-state index contributed by atoms with van der Waals surface area (Å²) in [5.74, 6) is -1.07. The summed E-state index contributed by atoms with van der Waals surface area (Å²) in [7, 11) is 8.46. The first kappa shape index (κ1) is 42.3. The molecule has 314 valence electrons. The Morgan fingerprint density at radius 2 is 0.776 bits per heavy atom. The lowest BCUT2D eigenvalue weighted by Gasteiger charge is -2.35. The number of methoxy groups -OCH3 is 6. The fourth-order valence-electron chi connectivity index (χ4n) is 7.47. The van der Waals surface area contributed by atoms with E-state index < -0.39 is 48.5 Å². The van der Waals surface area contributed by atoms with Crippen LogP contribution in [0.1, 0.15) is 46.7 Å². The van der Waals surface area contributed by atoms with Crippen LogP contribution in [-0.4, -0.2) is 112 Å². The monoisotopic (exact) mass is 810 g/mol. The molecule has 2 aliphatic heterocycles. The van der Waals surface area contributed by atoms with Crippen molar-refractivity contribution < 1.29 is 78.0 Å². The molecule has 4 aromatic rings. The van der Waals surface area contributed by atoms with E-state index in [2.05, 4.69) is 0 Å². The van der Waals surface area contributed by atoms with Crippen molar-refractivity contribution in [3.8, 4) is 57.5 Å². The highest BCUT2D eigenvalue weighted by Crippen LogP contribution is 2.49. The second-order valence-electron chi connectivity index (χ2n) is 13.9. The zero-order valence-corrected chi connectivity index (χ0v) is 33.0. The fraction of sp³-hybridized carbons (Fsp3) is 0.429. The topological polar surface area (TPSA) is 214 Å². The van der Waals surface area contributed by atoms with Gasteiger partial charge in [0.1, 0.15) is 24.4 Å². The number of hydrogen-bond donors (Lipinski definition) is 6. The number of benzene rings is 4. The molecule has 0 spiro atoms. The zero-order chi connectivity index (χ0) is 41.7. The van der Waals surface area contributed by atoms with E-state index in [1.807, 2.05) is 0 Å². The first-order chi connectivity index (χ1) is 28.0. The van der Waals surface area contributed by atoms with E-state index >= 15 is 0 Å². The minimum Gasteiger partial charge on any atom is -0.504 e. The molecular weight excluding hydrogens is 760 g/mol. The maximum atomic E-state index is 11.6. The maximum Gasteiger partial charge on any atom is 0.200 e. The van der Waals surface area contributed by atoms with E-state index in [9.17, 15) is 30.6 Å². The van der Waals surface area contributed by atoms with Gasteiger partial charge in [-0.3, -0.25) is 0 Å². The van der Waals surface area contributed by atoms with Crippen molar-refractivity contribution in [2.24, 2.45) is 11.8 Å². The molecule has 2 fully saturated rings. The number of rotatable bonds is 13. The Bertz CT molecular complexity index is 1830. The van der Waals surface area contributed by atoms with Crippen molar-refractivity contribution in [2.75, 3.05) is 69.1 Å². The van der Waals surface area contributed by atoms with Crippen molar-refractivity contribution in [3.63, 3.8) is 0 Å². The molecular formula is C42H50O16. The van der Waals surface area contributed by atoms with E-state index in [1.165, 1.54) is 66.9 Å². The lowest BCUT2D eigenvalue weighted by molar-refractivity contribution is -0.0655. The molecule has 16 heteroatoms. The Labute approximate surface area is 335 Å². The summed E-state index contributed by atoms with van der Waals surface area (Å²) in [6, 6.07) is 15.5. The SMILES string of the molecule is COc1cc([C@@H](O)[C@@H]2CO[C@H](c3cc(OC)c(O)c(OC)c3)[C@H]([C@H]3CO[C@@H]([C@H](O)c4ccc(O)c(OC)c4)CO[C@H]3c3cc(OC)c(O)c(OC)c3)CO2)ccc1O. The van der Waals surface area contributed by atoms with Crippen LogP contribution in [0, 0.1) is 11.8 Å². The van der Waals surface area contributed by atoms with Crippen LogP contribution >= 0.6 is 0 Å². The second kappa shape index (κ2) is 18.5. The third-order valence-electron chi connectivity index (χ3n) is 10.7. The minimum absolute atomic E-state index is 0.0320. The molecule has 4 aromatic carbocycles. The van der Waals surface area contributed by atoms with Crippen LogP contribution in [-0.2, 0) is 18.9 Å². The molecule has 0 amide bonds. The van der Waals surface area contributed by atoms with Crippen molar-refractivity contribution >= 4 is 0 Å². The number of aliphatic hydroxyl groups is 2. The van der Waals surface area contributed by atoms with Crippen LogP contribution in [0.2, 0.25) is 0 Å². The smallest absolute Gasteiger partial charge is 0.200 e. The number of ether oxygens (including phenoxy) is 10. The largest absolute Gasteiger partial charge is 0.504 e. The van der Waals surface area contributed by atoms with Gasteiger partial charge in [-0.05, 0) is 70.8 Å². The highest BCUT2D eigenvalue weighted by atomic mass is 16.6. The van der Waals surface area contributed by atoms with Gasteiger partial charge in [0.2, 0.25) is 11.5 Å². The Kier molecular flexibility index (Phi) is 13.5. The van der Waals surface area contributed by atoms with Gasteiger partial charge >= 0.3 is 0 Å². The molecule has 6 rings (SSSR count). The van der Waals surface area contributed by atoms with Crippen molar-refractivity contribution in [1.82, 2.24) is 0 Å².